The molecule has 3 atom stereocenters. The Morgan fingerprint density at radius 3 is 2.50 bits per heavy atom. The molecule has 6 heteroatoms. The zero-order valence-electron chi connectivity index (χ0n) is 21.4. The van der Waals surface area contributed by atoms with Gasteiger partial charge >= 0.3 is 0 Å². The van der Waals surface area contributed by atoms with Gasteiger partial charge in [-0.2, -0.15) is 0 Å². The van der Waals surface area contributed by atoms with E-state index < -0.39 is 5.92 Å². The minimum atomic E-state index is -0.467. The van der Waals surface area contributed by atoms with Crippen LogP contribution in [0.5, 0.6) is 0 Å². The minimum absolute atomic E-state index is 0.0209. The van der Waals surface area contributed by atoms with Gasteiger partial charge in [0.05, 0.1) is 21.1 Å². The van der Waals surface area contributed by atoms with Crippen molar-refractivity contribution < 1.29 is 14.4 Å². The molecule has 1 aromatic heterocycles. The summed E-state index contributed by atoms with van der Waals surface area (Å²) in [7, 11) is 0. The quantitative estimate of drug-likeness (QED) is 0.297. The molecule has 0 unspecified atom stereocenters. The maximum atomic E-state index is 13.4. The summed E-state index contributed by atoms with van der Waals surface area (Å²) in [6, 6.07) is 6.20. The summed E-state index contributed by atoms with van der Waals surface area (Å²) < 4.78 is 1.11. The Labute approximate surface area is 208 Å². The molecule has 34 heavy (non-hydrogen) atoms. The van der Waals surface area contributed by atoms with Gasteiger partial charge in [-0.3, -0.25) is 14.4 Å². The van der Waals surface area contributed by atoms with Crippen molar-refractivity contribution in [2.45, 2.75) is 91.5 Å². The Hall–Kier alpha value is -2.34. The molecule has 1 amide bonds. The molecule has 0 spiro atoms. The average Bonchev–Trinajstić information content (AvgIpc) is 3.21. The lowest BCUT2D eigenvalue weighted by atomic mass is 9.91. The average molecular weight is 485 g/mol. The summed E-state index contributed by atoms with van der Waals surface area (Å²) in [4.78, 5) is 42.5. The van der Waals surface area contributed by atoms with Gasteiger partial charge in [0.25, 0.3) is 0 Å². The van der Waals surface area contributed by atoms with Gasteiger partial charge in [-0.25, -0.2) is 4.98 Å². The third-order valence-electron chi connectivity index (χ3n) is 6.51. The fourth-order valence-corrected chi connectivity index (χ4v) is 5.14. The highest BCUT2D eigenvalue weighted by atomic mass is 32.1. The number of allylic oxidation sites excluding steroid dienone is 1. The van der Waals surface area contributed by atoms with Crippen molar-refractivity contribution in [3.05, 3.63) is 41.4 Å². The second-order valence-corrected chi connectivity index (χ2v) is 10.7. The molecule has 0 aliphatic rings. The van der Waals surface area contributed by atoms with Gasteiger partial charge in [-0.05, 0) is 48.4 Å². The number of carbonyl (C=O) groups is 3. The molecule has 0 radical (unpaired) electrons. The van der Waals surface area contributed by atoms with Crippen molar-refractivity contribution in [3.63, 3.8) is 0 Å². The zero-order chi connectivity index (χ0) is 25.3. The molecule has 0 aliphatic heterocycles. The van der Waals surface area contributed by atoms with Gasteiger partial charge < -0.3 is 5.32 Å². The molecule has 0 bridgehead atoms. The number of hydrogen-bond acceptors (Lipinski definition) is 5. The van der Waals surface area contributed by atoms with Crippen LogP contribution in [0.3, 0.4) is 0 Å². The van der Waals surface area contributed by atoms with Gasteiger partial charge in [0.2, 0.25) is 5.91 Å². The Balaban J connectivity index is 2.23. The fraction of sp³-hybridized carbons (Fsp3) is 0.571. The van der Waals surface area contributed by atoms with Crippen molar-refractivity contribution in [3.8, 4) is 0 Å². The molecule has 186 valence electrons. The van der Waals surface area contributed by atoms with Crippen LogP contribution in [-0.2, 0) is 20.8 Å². The second-order valence-electron chi connectivity index (χ2n) is 9.59. The van der Waals surface area contributed by atoms with Crippen molar-refractivity contribution in [2.24, 2.45) is 11.8 Å². The topological polar surface area (TPSA) is 76.1 Å². The minimum Gasteiger partial charge on any atom is -0.353 e. The predicted molar refractivity (Wildman–Crippen MR) is 141 cm³/mol. The first-order valence-corrected chi connectivity index (χ1v) is 13.4. The summed E-state index contributed by atoms with van der Waals surface area (Å²) in [6.45, 7) is 14.0. The van der Waals surface area contributed by atoms with E-state index in [9.17, 15) is 14.4 Å². The van der Waals surface area contributed by atoms with E-state index in [1.165, 1.54) is 11.6 Å². The SMILES string of the molecule is C=CC(=O)CC[C@@H](NC(=O)[C@@H](CC(=O)CCC)Cc1nc2ccc(C(C)C)cc2s1)[C@@H](C)CC. The van der Waals surface area contributed by atoms with Crippen molar-refractivity contribution in [1.29, 1.82) is 0 Å². The van der Waals surface area contributed by atoms with Crippen LogP contribution in [0.15, 0.2) is 30.9 Å². The summed E-state index contributed by atoms with van der Waals surface area (Å²) >= 11 is 1.60. The molecule has 2 aromatic rings. The molecule has 1 heterocycles. The van der Waals surface area contributed by atoms with Gasteiger partial charge in [-0.15, -0.1) is 11.3 Å². The summed E-state index contributed by atoms with van der Waals surface area (Å²) in [5.41, 5.74) is 2.20. The number of rotatable bonds is 15. The van der Waals surface area contributed by atoms with E-state index in [4.69, 9.17) is 4.98 Å². The standard InChI is InChI=1S/C28H40N2O3S/c1-7-10-23(32)15-21(28(33)30-24(19(6)8-2)14-12-22(31)9-3)17-27-29-25-13-11-20(18(4)5)16-26(25)34-27/h9,11,13,16,18-19,21,24H,3,7-8,10,12,14-15,17H2,1-2,4-6H3,(H,30,33)/t19-,21-,24+/m0/s1. The Morgan fingerprint density at radius 2 is 1.88 bits per heavy atom. The van der Waals surface area contributed by atoms with E-state index in [1.54, 1.807) is 11.3 Å². The van der Waals surface area contributed by atoms with Crippen LogP contribution < -0.4 is 5.32 Å². The molecule has 5 nitrogen and oxygen atoms in total. The van der Waals surface area contributed by atoms with Gasteiger partial charge in [0.1, 0.15) is 5.78 Å². The highest BCUT2D eigenvalue weighted by Gasteiger charge is 2.27. The summed E-state index contributed by atoms with van der Waals surface area (Å²) in [6.07, 6.45) is 5.05. The molecular weight excluding hydrogens is 444 g/mol. The number of Topliss-reactive ketones (excluding diaryl/α,β-unsaturated/α-hetero) is 1. The number of ketones is 2. The van der Waals surface area contributed by atoms with Gasteiger partial charge in [0.15, 0.2) is 5.78 Å². The number of fused-ring (bicyclic) bond motifs is 1. The lowest BCUT2D eigenvalue weighted by molar-refractivity contribution is -0.130. The molecular formula is C28H40N2O3S. The number of carbonyl (C=O) groups excluding carboxylic acids is 3. The maximum absolute atomic E-state index is 13.4. The highest BCUT2D eigenvalue weighted by molar-refractivity contribution is 7.18. The van der Waals surface area contributed by atoms with Crippen LogP contribution in [0, 0.1) is 11.8 Å². The number of nitrogens with one attached hydrogen (secondary N) is 1. The highest BCUT2D eigenvalue weighted by Crippen LogP contribution is 2.28. The number of nitrogens with zero attached hydrogens (tertiary/aromatic N) is 1. The lowest BCUT2D eigenvalue weighted by Crippen LogP contribution is -2.43. The monoisotopic (exact) mass is 484 g/mol. The molecule has 2 rings (SSSR count). The molecule has 0 saturated heterocycles. The van der Waals surface area contributed by atoms with E-state index >= 15 is 0 Å². The Bertz CT molecular complexity index is 995. The van der Waals surface area contributed by atoms with Gasteiger partial charge in [-0.1, -0.05) is 53.7 Å². The third-order valence-corrected chi connectivity index (χ3v) is 7.55. The fourth-order valence-electron chi connectivity index (χ4n) is 4.04. The number of thiazole rings is 1. The molecule has 0 fully saturated rings. The molecule has 0 saturated carbocycles. The van der Waals surface area contributed by atoms with Crippen LogP contribution in [0.2, 0.25) is 0 Å². The van der Waals surface area contributed by atoms with E-state index in [0.717, 1.165) is 28.1 Å². The molecule has 1 N–H and O–H groups in total. The Kier molecular flexibility index (Phi) is 11.1. The summed E-state index contributed by atoms with van der Waals surface area (Å²) in [5, 5.41) is 4.05. The van der Waals surface area contributed by atoms with Crippen LogP contribution >= 0.6 is 11.3 Å². The van der Waals surface area contributed by atoms with Crippen LogP contribution in [0.4, 0.5) is 0 Å². The third kappa shape index (κ3) is 8.15. The van der Waals surface area contributed by atoms with Crippen LogP contribution in [-0.4, -0.2) is 28.5 Å². The first-order valence-electron chi connectivity index (χ1n) is 12.5. The first kappa shape index (κ1) is 27.9. The number of hydrogen-bond donors (Lipinski definition) is 1. The molecule has 0 aliphatic carbocycles. The predicted octanol–water partition coefficient (Wildman–Crippen LogP) is 6.40. The van der Waals surface area contributed by atoms with Crippen molar-refractivity contribution >= 4 is 39.0 Å². The molecule has 1 aromatic carbocycles. The largest absolute Gasteiger partial charge is 0.353 e. The number of benzene rings is 1. The smallest absolute Gasteiger partial charge is 0.224 e. The van der Waals surface area contributed by atoms with E-state index in [-0.39, 0.29) is 35.9 Å². The van der Waals surface area contributed by atoms with Crippen molar-refractivity contribution in [1.82, 2.24) is 10.3 Å². The normalized spacial score (nSPS) is 14.1. The van der Waals surface area contributed by atoms with Crippen molar-refractivity contribution in [2.75, 3.05) is 0 Å². The van der Waals surface area contributed by atoms with E-state index in [0.29, 0.717) is 31.6 Å². The number of aromatic nitrogens is 1. The van der Waals surface area contributed by atoms with Crippen LogP contribution in [0.1, 0.15) is 89.6 Å². The van der Waals surface area contributed by atoms with E-state index in [2.05, 4.69) is 51.7 Å². The van der Waals surface area contributed by atoms with Crippen LogP contribution in [0.25, 0.3) is 10.2 Å². The maximum Gasteiger partial charge on any atom is 0.224 e. The van der Waals surface area contributed by atoms with E-state index in [1.807, 2.05) is 13.0 Å². The lowest BCUT2D eigenvalue weighted by Gasteiger charge is -2.26. The zero-order valence-corrected chi connectivity index (χ0v) is 22.2. The number of amides is 1. The second kappa shape index (κ2) is 13.5. The Morgan fingerprint density at radius 1 is 1.15 bits per heavy atom. The summed E-state index contributed by atoms with van der Waals surface area (Å²) in [5.74, 6) is 0.157. The van der Waals surface area contributed by atoms with Gasteiger partial charge in [0, 0.05) is 31.7 Å². The first-order chi connectivity index (χ1) is 16.2.